The fraction of sp³-hybridized carbons (Fsp3) is 0.360. The lowest BCUT2D eigenvalue weighted by molar-refractivity contribution is -0.188. The number of carbonyl (C=O) groups excluding carboxylic acids is 2. The number of phenolic OH excluding ortho intramolecular Hbond substituents is 1. The van der Waals surface area contributed by atoms with Crippen LogP contribution < -0.4 is 5.56 Å². The number of ether oxygens (including phenoxy) is 2. The first-order valence-electron chi connectivity index (χ1n) is 11.7. The summed E-state index contributed by atoms with van der Waals surface area (Å²) in [6.07, 6.45) is 0.00684. The Labute approximate surface area is 210 Å². The number of carbonyl (C=O) groups is 2. The van der Waals surface area contributed by atoms with Crippen molar-refractivity contribution in [2.24, 2.45) is 5.11 Å². The molecule has 0 amide bonds. The van der Waals surface area contributed by atoms with Crippen molar-refractivity contribution in [1.29, 1.82) is 0 Å². The van der Waals surface area contributed by atoms with Crippen molar-refractivity contribution in [1.82, 2.24) is 14.5 Å². The molecule has 2 aliphatic heterocycles. The topological polar surface area (TPSA) is 160 Å². The van der Waals surface area contributed by atoms with E-state index >= 15 is 0 Å². The Balaban J connectivity index is 1.75. The molecule has 0 saturated heterocycles. The SMILES string of the molecule is CC[C@@]1(OC(=O)CN=[N+]=[N-])C(=O)OCc2c1cc1n(c2=O)Cc2c-1nc1ccc(O)cc1c2CN(C)C. The summed E-state index contributed by atoms with van der Waals surface area (Å²) in [6.45, 7) is 1.57. The van der Waals surface area contributed by atoms with Gasteiger partial charge < -0.3 is 24.0 Å². The molecule has 1 N–H and O–H groups in total. The standard InChI is InChI=1S/C25H24N6O6/c1-4-25(37-21(33)9-27-29-26)18-8-20-22-16(11-31(20)23(34)17(18)12-36-24(25)35)15(10-30(2)3)14-7-13(32)5-6-19(14)28-22/h5-8,32H,4,9-12H2,1-3H3/t25-/m0/s1. The van der Waals surface area contributed by atoms with Gasteiger partial charge in [0.15, 0.2) is 0 Å². The minimum atomic E-state index is -1.86. The van der Waals surface area contributed by atoms with Gasteiger partial charge in [0.25, 0.3) is 5.56 Å². The number of rotatable bonds is 6. The number of phenols is 1. The van der Waals surface area contributed by atoms with E-state index in [0.717, 1.165) is 16.5 Å². The second-order valence-electron chi connectivity index (χ2n) is 9.29. The van der Waals surface area contributed by atoms with Crippen LogP contribution in [0.2, 0.25) is 0 Å². The lowest BCUT2D eigenvalue weighted by Gasteiger charge is -2.35. The monoisotopic (exact) mass is 504 g/mol. The average Bonchev–Trinajstić information content (AvgIpc) is 3.23. The third-order valence-corrected chi connectivity index (χ3v) is 6.78. The predicted octanol–water partition coefficient (Wildman–Crippen LogP) is 2.71. The molecular weight excluding hydrogens is 480 g/mol. The Morgan fingerprint density at radius 2 is 2.11 bits per heavy atom. The van der Waals surface area contributed by atoms with Crippen molar-refractivity contribution in [3.05, 3.63) is 67.3 Å². The number of aromatic hydroxyl groups is 1. The maximum absolute atomic E-state index is 13.7. The third-order valence-electron chi connectivity index (χ3n) is 6.78. The first-order chi connectivity index (χ1) is 17.7. The van der Waals surface area contributed by atoms with Crippen LogP contribution in [0, 0.1) is 0 Å². The molecule has 4 heterocycles. The van der Waals surface area contributed by atoms with Crippen molar-refractivity contribution in [2.45, 2.75) is 38.6 Å². The van der Waals surface area contributed by atoms with Gasteiger partial charge in [-0.05, 0) is 55.9 Å². The zero-order valence-electron chi connectivity index (χ0n) is 20.5. The lowest BCUT2D eigenvalue weighted by Crippen LogP contribution is -2.47. The van der Waals surface area contributed by atoms with E-state index in [2.05, 4.69) is 10.0 Å². The van der Waals surface area contributed by atoms with E-state index in [1.54, 1.807) is 35.8 Å². The number of fused-ring (bicyclic) bond motifs is 5. The molecule has 1 atom stereocenters. The number of pyridine rings is 2. The van der Waals surface area contributed by atoms with Crippen molar-refractivity contribution in [3.63, 3.8) is 0 Å². The number of esters is 2. The smallest absolute Gasteiger partial charge is 0.355 e. The Kier molecular flexibility index (Phi) is 5.85. The second kappa shape index (κ2) is 8.91. The van der Waals surface area contributed by atoms with Crippen LogP contribution in [0.15, 0.2) is 34.2 Å². The van der Waals surface area contributed by atoms with Crippen molar-refractivity contribution in [3.8, 4) is 17.1 Å². The number of benzene rings is 1. The quantitative estimate of drug-likeness (QED) is 0.181. The Morgan fingerprint density at radius 3 is 2.81 bits per heavy atom. The molecular formula is C25H24N6O6. The molecule has 1 aromatic carbocycles. The summed E-state index contributed by atoms with van der Waals surface area (Å²) in [5.74, 6) is -1.60. The molecule has 0 saturated carbocycles. The molecule has 0 aliphatic carbocycles. The van der Waals surface area contributed by atoms with Gasteiger partial charge in [-0.3, -0.25) is 9.59 Å². The van der Waals surface area contributed by atoms with Crippen LogP contribution in [0.4, 0.5) is 0 Å². The van der Waals surface area contributed by atoms with E-state index in [0.29, 0.717) is 23.4 Å². The summed E-state index contributed by atoms with van der Waals surface area (Å²) in [4.78, 5) is 48.5. The highest BCUT2D eigenvalue weighted by atomic mass is 16.6. The van der Waals surface area contributed by atoms with E-state index < -0.39 is 24.1 Å². The number of hydrogen-bond donors (Lipinski definition) is 1. The first kappa shape index (κ1) is 24.3. The fourth-order valence-corrected chi connectivity index (χ4v) is 5.12. The first-order valence-corrected chi connectivity index (χ1v) is 11.7. The zero-order chi connectivity index (χ0) is 26.5. The van der Waals surface area contributed by atoms with Crippen LogP contribution >= 0.6 is 0 Å². The van der Waals surface area contributed by atoms with Crippen LogP contribution in [0.5, 0.6) is 5.75 Å². The summed E-state index contributed by atoms with van der Waals surface area (Å²) in [6, 6.07) is 6.61. The number of aromatic nitrogens is 2. The lowest BCUT2D eigenvalue weighted by atomic mass is 9.85. The summed E-state index contributed by atoms with van der Waals surface area (Å²) >= 11 is 0. The van der Waals surface area contributed by atoms with Crippen LogP contribution in [0.3, 0.4) is 0 Å². The number of azide groups is 1. The summed E-state index contributed by atoms with van der Waals surface area (Å²) in [5.41, 5.74) is 10.3. The van der Waals surface area contributed by atoms with Gasteiger partial charge in [0.1, 0.15) is 18.9 Å². The molecule has 0 bridgehead atoms. The summed E-state index contributed by atoms with van der Waals surface area (Å²) in [5, 5.41) is 14.1. The van der Waals surface area contributed by atoms with Gasteiger partial charge >= 0.3 is 11.9 Å². The maximum Gasteiger partial charge on any atom is 0.355 e. The van der Waals surface area contributed by atoms with E-state index in [1.165, 1.54) is 0 Å². The molecule has 190 valence electrons. The highest BCUT2D eigenvalue weighted by molar-refractivity contribution is 5.90. The maximum atomic E-state index is 13.7. The molecule has 0 unspecified atom stereocenters. The number of nitrogens with zero attached hydrogens (tertiary/aromatic N) is 6. The summed E-state index contributed by atoms with van der Waals surface area (Å²) < 4.78 is 12.4. The molecule has 2 aliphatic rings. The van der Waals surface area contributed by atoms with E-state index in [9.17, 15) is 19.5 Å². The highest BCUT2D eigenvalue weighted by Crippen LogP contribution is 2.42. The minimum absolute atomic E-state index is 0.00684. The van der Waals surface area contributed by atoms with Crippen LogP contribution in [-0.4, -0.2) is 52.1 Å². The van der Waals surface area contributed by atoms with Gasteiger partial charge in [0.2, 0.25) is 5.60 Å². The Morgan fingerprint density at radius 1 is 1.32 bits per heavy atom. The van der Waals surface area contributed by atoms with Crippen molar-refractivity contribution in [2.75, 3.05) is 20.6 Å². The zero-order valence-corrected chi connectivity index (χ0v) is 20.5. The van der Waals surface area contributed by atoms with E-state index in [-0.39, 0.29) is 42.0 Å². The molecule has 12 nitrogen and oxygen atoms in total. The van der Waals surface area contributed by atoms with Crippen LogP contribution in [0.25, 0.3) is 32.7 Å². The number of hydrogen-bond acceptors (Lipinski definition) is 9. The van der Waals surface area contributed by atoms with Gasteiger partial charge in [-0.25, -0.2) is 9.78 Å². The molecule has 2 aromatic heterocycles. The normalized spacial score (nSPS) is 17.6. The molecule has 37 heavy (non-hydrogen) atoms. The molecule has 5 rings (SSSR count). The molecule has 0 radical (unpaired) electrons. The Hall–Kier alpha value is -4.41. The molecule has 3 aromatic rings. The average molecular weight is 505 g/mol. The predicted molar refractivity (Wildman–Crippen MR) is 131 cm³/mol. The van der Waals surface area contributed by atoms with Gasteiger partial charge in [0, 0.05) is 28.0 Å². The van der Waals surface area contributed by atoms with Crippen molar-refractivity contribution < 1.29 is 24.2 Å². The third kappa shape index (κ3) is 3.78. The van der Waals surface area contributed by atoms with Crippen molar-refractivity contribution >= 4 is 22.8 Å². The fourth-order valence-electron chi connectivity index (χ4n) is 5.12. The van der Waals surface area contributed by atoms with E-state index in [4.69, 9.17) is 20.0 Å². The van der Waals surface area contributed by atoms with Gasteiger partial charge in [0.05, 0.1) is 29.0 Å². The Bertz CT molecular complexity index is 1590. The number of cyclic esters (lactones) is 1. The molecule has 0 spiro atoms. The van der Waals surface area contributed by atoms with Gasteiger partial charge in [-0.15, -0.1) is 0 Å². The van der Waals surface area contributed by atoms with Crippen LogP contribution in [0.1, 0.15) is 35.6 Å². The van der Waals surface area contributed by atoms with Crippen LogP contribution in [-0.2, 0) is 44.4 Å². The summed E-state index contributed by atoms with van der Waals surface area (Å²) in [7, 11) is 3.86. The molecule has 0 fully saturated rings. The van der Waals surface area contributed by atoms with Gasteiger partial charge in [-0.1, -0.05) is 12.0 Å². The van der Waals surface area contributed by atoms with E-state index in [1.807, 2.05) is 19.0 Å². The second-order valence-corrected chi connectivity index (χ2v) is 9.29. The largest absolute Gasteiger partial charge is 0.508 e. The van der Waals surface area contributed by atoms with Gasteiger partial charge in [-0.2, -0.15) is 0 Å². The minimum Gasteiger partial charge on any atom is -0.508 e. The molecule has 12 heteroatoms. The highest BCUT2D eigenvalue weighted by Gasteiger charge is 2.50.